The Hall–Kier alpha value is -0.340. The normalized spacial score (nSPS) is 47.6. The lowest BCUT2D eigenvalue weighted by molar-refractivity contribution is -0.0449. The average molecular weight is 248 g/mol. The van der Waals surface area contributed by atoms with Crippen LogP contribution in [0.3, 0.4) is 0 Å². The lowest BCUT2D eigenvalue weighted by atomic mass is 9.71. The van der Waals surface area contributed by atoms with Crippen LogP contribution >= 0.6 is 11.3 Å². The maximum absolute atomic E-state index is 11.0. The molecule has 0 spiro atoms. The fourth-order valence-electron chi connectivity index (χ4n) is 5.19. The van der Waals surface area contributed by atoms with Gasteiger partial charge in [0, 0.05) is 6.42 Å². The predicted molar refractivity (Wildman–Crippen MR) is 70.0 cm³/mol. The molecule has 1 aromatic rings. The fraction of sp³-hybridized carbons (Fsp3) is 0.733. The van der Waals surface area contributed by atoms with Gasteiger partial charge < -0.3 is 5.11 Å². The van der Waals surface area contributed by atoms with Gasteiger partial charge in [0.05, 0.1) is 5.60 Å². The van der Waals surface area contributed by atoms with Crippen molar-refractivity contribution in [1.82, 2.24) is 0 Å². The summed E-state index contributed by atoms with van der Waals surface area (Å²) in [5.74, 6) is 3.29. The molecule has 1 N–H and O–H groups in total. The molecule has 3 aliphatic carbocycles. The summed E-state index contributed by atoms with van der Waals surface area (Å²) >= 11 is 1.75. The Labute approximate surface area is 107 Å². The van der Waals surface area contributed by atoms with Crippen LogP contribution in [0.5, 0.6) is 0 Å². The topological polar surface area (TPSA) is 20.2 Å². The second-order valence-corrected chi connectivity index (χ2v) is 7.26. The largest absolute Gasteiger partial charge is 0.389 e. The molecule has 3 fully saturated rings. The van der Waals surface area contributed by atoms with Gasteiger partial charge in [-0.1, -0.05) is 6.42 Å². The van der Waals surface area contributed by atoms with Crippen molar-refractivity contribution in [1.29, 1.82) is 0 Å². The van der Waals surface area contributed by atoms with Crippen molar-refractivity contribution in [3.63, 3.8) is 0 Å². The summed E-state index contributed by atoms with van der Waals surface area (Å²) in [7, 11) is 0. The molecule has 3 aliphatic rings. The van der Waals surface area contributed by atoms with Gasteiger partial charge in [-0.15, -0.1) is 0 Å². The predicted octanol–water partition coefficient (Wildman–Crippen LogP) is 3.48. The summed E-state index contributed by atoms with van der Waals surface area (Å²) in [5, 5.41) is 15.3. The van der Waals surface area contributed by atoms with Gasteiger partial charge >= 0.3 is 0 Å². The van der Waals surface area contributed by atoms with Crippen molar-refractivity contribution in [2.75, 3.05) is 0 Å². The monoisotopic (exact) mass is 248 g/mol. The molecule has 0 aromatic carbocycles. The van der Waals surface area contributed by atoms with E-state index in [0.717, 1.165) is 30.6 Å². The summed E-state index contributed by atoms with van der Waals surface area (Å²) in [4.78, 5) is 0. The molecule has 0 radical (unpaired) electrons. The Morgan fingerprint density at radius 2 is 2.24 bits per heavy atom. The Kier molecular flexibility index (Phi) is 2.23. The van der Waals surface area contributed by atoms with Crippen LogP contribution < -0.4 is 0 Å². The van der Waals surface area contributed by atoms with Crippen LogP contribution in [0, 0.1) is 23.7 Å². The van der Waals surface area contributed by atoms with Gasteiger partial charge in [-0.2, -0.15) is 11.3 Å². The summed E-state index contributed by atoms with van der Waals surface area (Å²) in [5.41, 5.74) is 0.983. The standard InChI is InChI=1S/C15H20OS/c16-15(7-10-4-5-17-9-10)8-11-6-14(15)13-3-1-2-12(11)13/h4-5,9,11-14,16H,1-3,6-8H2. The highest BCUT2D eigenvalue weighted by atomic mass is 32.1. The molecule has 1 nitrogen and oxygen atoms in total. The SMILES string of the molecule is OC1(Cc2ccsc2)CC2CC1C1CCCC21. The summed E-state index contributed by atoms with van der Waals surface area (Å²) in [6, 6.07) is 2.18. The maximum Gasteiger partial charge on any atom is 0.0721 e. The van der Waals surface area contributed by atoms with Crippen LogP contribution in [0.4, 0.5) is 0 Å². The third-order valence-electron chi connectivity index (χ3n) is 5.70. The van der Waals surface area contributed by atoms with E-state index in [4.69, 9.17) is 0 Å². The molecule has 0 aliphatic heterocycles. The first-order chi connectivity index (χ1) is 8.26. The van der Waals surface area contributed by atoms with Gasteiger partial charge in [0.2, 0.25) is 0 Å². The Bertz CT molecular complexity index is 413. The van der Waals surface area contributed by atoms with Gasteiger partial charge in [0.25, 0.3) is 0 Å². The van der Waals surface area contributed by atoms with E-state index in [1.165, 1.54) is 31.2 Å². The van der Waals surface area contributed by atoms with Crippen molar-refractivity contribution in [3.8, 4) is 0 Å². The van der Waals surface area contributed by atoms with Crippen LogP contribution in [0.25, 0.3) is 0 Å². The highest BCUT2D eigenvalue weighted by Gasteiger charge is 2.59. The number of hydrogen-bond donors (Lipinski definition) is 1. The molecule has 4 rings (SSSR count). The lowest BCUT2D eigenvalue weighted by Crippen LogP contribution is -2.43. The molecule has 1 heterocycles. The molecular formula is C15H20OS. The van der Waals surface area contributed by atoms with Crippen molar-refractivity contribution in [3.05, 3.63) is 22.4 Å². The Balaban J connectivity index is 1.59. The van der Waals surface area contributed by atoms with E-state index >= 15 is 0 Å². The molecule has 1 aromatic heterocycles. The summed E-state index contributed by atoms with van der Waals surface area (Å²) < 4.78 is 0. The van der Waals surface area contributed by atoms with E-state index in [1.54, 1.807) is 11.3 Å². The molecule has 2 heteroatoms. The van der Waals surface area contributed by atoms with Gasteiger partial charge in [0.1, 0.15) is 0 Å². The van der Waals surface area contributed by atoms with Gasteiger partial charge in [-0.3, -0.25) is 0 Å². The van der Waals surface area contributed by atoms with E-state index in [-0.39, 0.29) is 5.60 Å². The number of thiophene rings is 1. The smallest absolute Gasteiger partial charge is 0.0721 e. The second-order valence-electron chi connectivity index (χ2n) is 6.48. The number of fused-ring (bicyclic) bond motifs is 5. The quantitative estimate of drug-likeness (QED) is 0.849. The number of hydrogen-bond acceptors (Lipinski definition) is 2. The molecule has 2 bridgehead atoms. The summed E-state index contributed by atoms with van der Waals surface area (Å²) in [6.45, 7) is 0. The first kappa shape index (κ1) is 10.6. The van der Waals surface area contributed by atoms with Crippen molar-refractivity contribution in [2.45, 2.75) is 44.1 Å². The molecule has 17 heavy (non-hydrogen) atoms. The third-order valence-corrected chi connectivity index (χ3v) is 6.43. The van der Waals surface area contributed by atoms with Gasteiger partial charge in [-0.05, 0) is 71.7 Å². The molecule has 92 valence electrons. The zero-order valence-electron chi connectivity index (χ0n) is 10.1. The molecule has 5 atom stereocenters. The van der Waals surface area contributed by atoms with E-state index in [9.17, 15) is 5.11 Å². The van der Waals surface area contributed by atoms with Gasteiger partial charge in [0.15, 0.2) is 0 Å². The first-order valence-corrected chi connectivity index (χ1v) is 7.94. The van der Waals surface area contributed by atoms with E-state index < -0.39 is 0 Å². The van der Waals surface area contributed by atoms with E-state index in [0.29, 0.717) is 5.92 Å². The molecule has 3 saturated carbocycles. The van der Waals surface area contributed by atoms with Crippen molar-refractivity contribution < 1.29 is 5.11 Å². The highest BCUT2D eigenvalue weighted by Crippen LogP contribution is 2.62. The Morgan fingerprint density at radius 3 is 3.06 bits per heavy atom. The minimum Gasteiger partial charge on any atom is -0.389 e. The van der Waals surface area contributed by atoms with Crippen LogP contribution in [0.15, 0.2) is 16.8 Å². The molecule has 0 saturated heterocycles. The lowest BCUT2D eigenvalue weighted by Gasteiger charge is -2.39. The molecule has 5 unspecified atom stereocenters. The van der Waals surface area contributed by atoms with Crippen LogP contribution in [-0.4, -0.2) is 10.7 Å². The Morgan fingerprint density at radius 1 is 1.35 bits per heavy atom. The number of rotatable bonds is 2. The molecule has 0 amide bonds. The number of aliphatic hydroxyl groups is 1. The van der Waals surface area contributed by atoms with Crippen molar-refractivity contribution in [2.24, 2.45) is 23.7 Å². The van der Waals surface area contributed by atoms with Crippen LogP contribution in [0.2, 0.25) is 0 Å². The molecular weight excluding hydrogens is 228 g/mol. The highest BCUT2D eigenvalue weighted by molar-refractivity contribution is 7.07. The zero-order valence-corrected chi connectivity index (χ0v) is 11.0. The van der Waals surface area contributed by atoms with E-state index in [1.807, 2.05) is 0 Å². The maximum atomic E-state index is 11.0. The minimum atomic E-state index is -0.364. The minimum absolute atomic E-state index is 0.364. The van der Waals surface area contributed by atoms with Gasteiger partial charge in [-0.25, -0.2) is 0 Å². The van der Waals surface area contributed by atoms with Crippen LogP contribution in [-0.2, 0) is 6.42 Å². The average Bonchev–Trinajstić information content (AvgIpc) is 2.96. The summed E-state index contributed by atoms with van der Waals surface area (Å²) in [6.07, 6.45) is 7.54. The van der Waals surface area contributed by atoms with Crippen LogP contribution in [0.1, 0.15) is 37.7 Å². The first-order valence-electron chi connectivity index (χ1n) is 7.00. The van der Waals surface area contributed by atoms with E-state index in [2.05, 4.69) is 16.8 Å². The second kappa shape index (κ2) is 3.58. The third kappa shape index (κ3) is 1.47. The van der Waals surface area contributed by atoms with Crippen molar-refractivity contribution >= 4 is 11.3 Å². The fourth-order valence-corrected chi connectivity index (χ4v) is 5.85. The zero-order chi connectivity index (χ0) is 11.5.